The van der Waals surface area contributed by atoms with Crippen LogP contribution in [0.25, 0.3) is 10.6 Å². The van der Waals surface area contributed by atoms with Crippen LogP contribution >= 0.6 is 34.3 Å². The van der Waals surface area contributed by atoms with Crippen LogP contribution in [-0.4, -0.2) is 24.7 Å². The third-order valence-corrected chi connectivity index (χ3v) is 4.14. The van der Waals surface area contributed by atoms with Gasteiger partial charge in [0.1, 0.15) is 0 Å². The lowest BCUT2D eigenvalue weighted by Crippen LogP contribution is -2.20. The van der Waals surface area contributed by atoms with Gasteiger partial charge in [-0.25, -0.2) is 4.98 Å². The number of ether oxygens (including phenoxy) is 1. The van der Waals surface area contributed by atoms with Gasteiger partial charge < -0.3 is 10.1 Å². The number of nitrogens with zero attached hydrogens (tertiary/aromatic N) is 1. The molecule has 0 saturated carbocycles. The molecule has 3 nitrogen and oxygen atoms in total. The number of aromatic nitrogens is 1. The van der Waals surface area contributed by atoms with Crippen molar-refractivity contribution in [3.05, 3.63) is 21.8 Å². The van der Waals surface area contributed by atoms with Gasteiger partial charge in [0.15, 0.2) is 5.13 Å². The maximum Gasteiger partial charge on any atom is 0.183 e. The normalized spacial score (nSPS) is 12.6. The number of thiazole rings is 1. The molecule has 0 bridgehead atoms. The molecule has 2 aromatic heterocycles. The molecule has 0 amide bonds. The summed E-state index contributed by atoms with van der Waals surface area (Å²) in [4.78, 5) is 5.62. The molecule has 2 aromatic rings. The van der Waals surface area contributed by atoms with Crippen LogP contribution in [-0.2, 0) is 4.74 Å². The highest BCUT2D eigenvalue weighted by atomic mass is 35.5. The Morgan fingerprint density at radius 1 is 1.53 bits per heavy atom. The first-order valence-electron chi connectivity index (χ1n) is 5.15. The Labute approximate surface area is 113 Å². The summed E-state index contributed by atoms with van der Waals surface area (Å²) in [7, 11) is 1.69. The predicted molar refractivity (Wildman–Crippen MR) is 75.4 cm³/mol. The molecule has 6 heteroatoms. The minimum absolute atomic E-state index is 0.255. The van der Waals surface area contributed by atoms with E-state index >= 15 is 0 Å². The average Bonchev–Trinajstić information content (AvgIpc) is 2.87. The molecule has 2 rings (SSSR count). The monoisotopic (exact) mass is 288 g/mol. The van der Waals surface area contributed by atoms with Crippen molar-refractivity contribution in [1.82, 2.24) is 4.98 Å². The van der Waals surface area contributed by atoms with Crippen LogP contribution in [0.2, 0.25) is 4.34 Å². The maximum atomic E-state index is 5.90. The average molecular weight is 289 g/mol. The van der Waals surface area contributed by atoms with Crippen LogP contribution in [0.4, 0.5) is 5.13 Å². The van der Waals surface area contributed by atoms with Gasteiger partial charge in [0.05, 0.1) is 21.5 Å². The molecule has 0 aromatic carbocycles. The fraction of sp³-hybridized carbons (Fsp3) is 0.364. The van der Waals surface area contributed by atoms with Crippen molar-refractivity contribution in [1.29, 1.82) is 0 Å². The van der Waals surface area contributed by atoms with Gasteiger partial charge in [-0.1, -0.05) is 11.6 Å². The Morgan fingerprint density at radius 2 is 2.35 bits per heavy atom. The van der Waals surface area contributed by atoms with E-state index in [1.807, 2.05) is 17.5 Å². The smallest absolute Gasteiger partial charge is 0.183 e. The van der Waals surface area contributed by atoms with E-state index in [1.165, 1.54) is 0 Å². The number of hydrogen-bond donors (Lipinski definition) is 1. The van der Waals surface area contributed by atoms with Gasteiger partial charge in [-0.3, -0.25) is 0 Å². The largest absolute Gasteiger partial charge is 0.383 e. The van der Waals surface area contributed by atoms with Crippen LogP contribution < -0.4 is 5.32 Å². The Hall–Kier alpha value is -0.620. The van der Waals surface area contributed by atoms with Gasteiger partial charge in [0.25, 0.3) is 0 Å². The summed E-state index contributed by atoms with van der Waals surface area (Å²) in [6.45, 7) is 2.73. The number of anilines is 1. The Morgan fingerprint density at radius 3 is 3.00 bits per heavy atom. The predicted octanol–water partition coefficient (Wildman–Crippen LogP) is 3.97. The van der Waals surface area contributed by atoms with Gasteiger partial charge in [0, 0.05) is 18.5 Å². The minimum atomic E-state index is 0.255. The molecule has 0 aliphatic rings. The molecule has 0 aliphatic carbocycles. The summed E-state index contributed by atoms with van der Waals surface area (Å²) < 4.78 is 5.86. The van der Waals surface area contributed by atoms with Crippen molar-refractivity contribution in [2.24, 2.45) is 0 Å². The van der Waals surface area contributed by atoms with Gasteiger partial charge in [-0.2, -0.15) is 0 Å². The van der Waals surface area contributed by atoms with Crippen molar-refractivity contribution in [2.75, 3.05) is 19.0 Å². The van der Waals surface area contributed by atoms with Crippen molar-refractivity contribution in [3.8, 4) is 10.6 Å². The Kier molecular flexibility index (Phi) is 4.39. The molecule has 1 atom stereocenters. The lowest BCUT2D eigenvalue weighted by molar-refractivity contribution is 0.190. The first-order chi connectivity index (χ1) is 8.19. The summed E-state index contributed by atoms with van der Waals surface area (Å²) in [5.41, 5.74) is 0.971. The fourth-order valence-electron chi connectivity index (χ4n) is 1.41. The second-order valence-corrected chi connectivity index (χ2v) is 6.22. The summed E-state index contributed by atoms with van der Waals surface area (Å²) in [6.07, 6.45) is 0. The third-order valence-electron chi connectivity index (χ3n) is 2.12. The number of methoxy groups -OCH3 is 1. The van der Waals surface area contributed by atoms with Crippen LogP contribution in [0.5, 0.6) is 0 Å². The van der Waals surface area contributed by atoms with Crippen LogP contribution in [0.3, 0.4) is 0 Å². The summed E-state index contributed by atoms with van der Waals surface area (Å²) >= 11 is 9.04. The van der Waals surface area contributed by atoms with Crippen molar-refractivity contribution in [3.63, 3.8) is 0 Å². The summed E-state index contributed by atoms with van der Waals surface area (Å²) in [5.74, 6) is 0. The van der Waals surface area contributed by atoms with Crippen LogP contribution in [0.15, 0.2) is 17.5 Å². The molecular formula is C11H13ClN2OS2. The van der Waals surface area contributed by atoms with Crippen molar-refractivity contribution < 1.29 is 4.74 Å². The highest BCUT2D eigenvalue weighted by Crippen LogP contribution is 2.32. The summed E-state index contributed by atoms with van der Waals surface area (Å²) in [6, 6.07) is 4.14. The number of thiophene rings is 1. The van der Waals surface area contributed by atoms with E-state index in [4.69, 9.17) is 16.3 Å². The number of rotatable bonds is 5. The molecule has 0 saturated heterocycles. The topological polar surface area (TPSA) is 34.1 Å². The van der Waals surface area contributed by atoms with Crippen LogP contribution in [0.1, 0.15) is 6.92 Å². The van der Waals surface area contributed by atoms with E-state index < -0.39 is 0 Å². The standard InChI is InChI=1S/C11H13ClN2OS2/c1-7(5-15-2)13-11-14-8(6-16-11)9-3-4-10(12)17-9/h3-4,6-7H,5H2,1-2H3,(H,13,14)/t7-/m0/s1. The van der Waals surface area contributed by atoms with E-state index in [9.17, 15) is 0 Å². The molecule has 0 fully saturated rings. The first kappa shape index (κ1) is 12.8. The highest BCUT2D eigenvalue weighted by Gasteiger charge is 2.08. The molecule has 92 valence electrons. The van der Waals surface area contributed by atoms with E-state index in [0.717, 1.165) is 20.0 Å². The quantitative estimate of drug-likeness (QED) is 0.904. The molecule has 0 radical (unpaired) electrons. The van der Waals surface area contributed by atoms with E-state index in [2.05, 4.69) is 17.2 Å². The van der Waals surface area contributed by atoms with Gasteiger partial charge in [0.2, 0.25) is 0 Å². The molecule has 0 aliphatic heterocycles. The molecule has 17 heavy (non-hydrogen) atoms. The Bertz CT molecular complexity index is 483. The SMILES string of the molecule is COC[C@H](C)Nc1nc(-c2ccc(Cl)s2)cs1. The summed E-state index contributed by atoms with van der Waals surface area (Å²) in [5, 5.41) is 6.24. The van der Waals surface area contributed by atoms with E-state index in [0.29, 0.717) is 6.61 Å². The zero-order chi connectivity index (χ0) is 12.3. The van der Waals surface area contributed by atoms with E-state index in [-0.39, 0.29) is 6.04 Å². The zero-order valence-corrected chi connectivity index (χ0v) is 12.0. The third kappa shape index (κ3) is 3.42. The molecular weight excluding hydrogens is 276 g/mol. The van der Waals surface area contributed by atoms with E-state index in [1.54, 1.807) is 29.8 Å². The second-order valence-electron chi connectivity index (χ2n) is 3.64. The van der Waals surface area contributed by atoms with Gasteiger partial charge in [-0.15, -0.1) is 22.7 Å². The maximum absolute atomic E-state index is 5.90. The van der Waals surface area contributed by atoms with Gasteiger partial charge >= 0.3 is 0 Å². The zero-order valence-electron chi connectivity index (χ0n) is 9.57. The van der Waals surface area contributed by atoms with Gasteiger partial charge in [-0.05, 0) is 19.1 Å². The van der Waals surface area contributed by atoms with Crippen molar-refractivity contribution >= 4 is 39.4 Å². The molecule has 0 unspecified atom stereocenters. The van der Waals surface area contributed by atoms with Crippen LogP contribution in [0, 0.1) is 0 Å². The highest BCUT2D eigenvalue weighted by molar-refractivity contribution is 7.20. The number of hydrogen-bond acceptors (Lipinski definition) is 5. The minimum Gasteiger partial charge on any atom is -0.383 e. The number of halogens is 1. The van der Waals surface area contributed by atoms with Crippen molar-refractivity contribution in [2.45, 2.75) is 13.0 Å². The Balaban J connectivity index is 2.05. The lowest BCUT2D eigenvalue weighted by Gasteiger charge is -2.10. The second kappa shape index (κ2) is 5.82. The molecule has 1 N–H and O–H groups in total. The molecule has 0 spiro atoms. The fourth-order valence-corrected chi connectivity index (χ4v) is 3.31. The first-order valence-corrected chi connectivity index (χ1v) is 7.23. The number of nitrogens with one attached hydrogen (secondary N) is 1. The lowest BCUT2D eigenvalue weighted by atomic mass is 10.4. The molecule has 2 heterocycles.